The summed E-state index contributed by atoms with van der Waals surface area (Å²) in [4.78, 5) is 16.9. The SMILES string of the molecule is Cc1cc(-c2oc(=O)n(C)c2-c2cc(C)sc2C)c(C)s1. The van der Waals surface area contributed by atoms with Gasteiger partial charge in [0.25, 0.3) is 0 Å². The van der Waals surface area contributed by atoms with Gasteiger partial charge in [0.15, 0.2) is 5.76 Å². The predicted octanol–water partition coefficient (Wildman–Crippen LogP) is 4.67. The van der Waals surface area contributed by atoms with Crippen LogP contribution in [0, 0.1) is 27.7 Å². The lowest BCUT2D eigenvalue weighted by Crippen LogP contribution is -2.10. The van der Waals surface area contributed by atoms with Crippen LogP contribution >= 0.6 is 22.7 Å². The lowest BCUT2D eigenvalue weighted by atomic mass is 10.1. The molecule has 3 nitrogen and oxygen atoms in total. The molecule has 3 heterocycles. The molecule has 3 aromatic heterocycles. The summed E-state index contributed by atoms with van der Waals surface area (Å²) >= 11 is 3.46. The summed E-state index contributed by atoms with van der Waals surface area (Å²) in [5, 5.41) is 0. The number of oxazole rings is 1. The van der Waals surface area contributed by atoms with Crippen LogP contribution in [-0.2, 0) is 7.05 Å². The van der Waals surface area contributed by atoms with E-state index < -0.39 is 0 Å². The Labute approximate surface area is 131 Å². The maximum Gasteiger partial charge on any atom is 0.419 e. The van der Waals surface area contributed by atoms with E-state index in [0.717, 1.165) is 16.8 Å². The molecule has 5 heteroatoms. The van der Waals surface area contributed by atoms with Gasteiger partial charge in [-0.25, -0.2) is 4.79 Å². The Bertz CT molecular complexity index is 877. The van der Waals surface area contributed by atoms with Gasteiger partial charge in [-0.1, -0.05) is 0 Å². The van der Waals surface area contributed by atoms with Gasteiger partial charge in [-0.3, -0.25) is 4.57 Å². The van der Waals surface area contributed by atoms with Crippen molar-refractivity contribution in [3.8, 4) is 22.6 Å². The molecular formula is C16H17NO2S2. The maximum absolute atomic E-state index is 12.0. The molecular weight excluding hydrogens is 302 g/mol. The highest BCUT2D eigenvalue weighted by molar-refractivity contribution is 7.12. The molecule has 0 atom stereocenters. The van der Waals surface area contributed by atoms with Crippen molar-refractivity contribution in [3.63, 3.8) is 0 Å². The summed E-state index contributed by atoms with van der Waals surface area (Å²) < 4.78 is 7.17. The first kappa shape index (κ1) is 14.4. The minimum atomic E-state index is -0.313. The van der Waals surface area contributed by atoms with Crippen molar-refractivity contribution in [1.82, 2.24) is 4.57 Å². The summed E-state index contributed by atoms with van der Waals surface area (Å²) in [6, 6.07) is 4.22. The Balaban J connectivity index is 2.33. The van der Waals surface area contributed by atoms with E-state index >= 15 is 0 Å². The first-order chi connectivity index (χ1) is 9.88. The molecule has 110 valence electrons. The second-order valence-corrected chi connectivity index (χ2v) is 8.18. The van der Waals surface area contributed by atoms with Gasteiger partial charge in [0.05, 0.1) is 5.69 Å². The summed E-state index contributed by atoms with van der Waals surface area (Å²) in [6.45, 7) is 8.30. The van der Waals surface area contributed by atoms with Gasteiger partial charge < -0.3 is 4.42 Å². The molecule has 0 radical (unpaired) electrons. The Morgan fingerprint density at radius 3 is 1.95 bits per heavy atom. The normalized spacial score (nSPS) is 11.3. The number of nitrogens with zero attached hydrogens (tertiary/aromatic N) is 1. The van der Waals surface area contributed by atoms with Crippen LogP contribution in [0.2, 0.25) is 0 Å². The van der Waals surface area contributed by atoms with Crippen molar-refractivity contribution in [3.05, 3.63) is 42.2 Å². The molecule has 0 amide bonds. The van der Waals surface area contributed by atoms with Crippen molar-refractivity contribution < 1.29 is 4.42 Å². The lowest BCUT2D eigenvalue weighted by molar-refractivity contribution is 0.505. The van der Waals surface area contributed by atoms with Crippen LogP contribution in [0.5, 0.6) is 0 Å². The van der Waals surface area contributed by atoms with Crippen LogP contribution in [0.25, 0.3) is 22.6 Å². The van der Waals surface area contributed by atoms with Crippen molar-refractivity contribution >= 4 is 22.7 Å². The van der Waals surface area contributed by atoms with E-state index in [4.69, 9.17) is 4.42 Å². The Hall–Kier alpha value is -1.59. The molecule has 0 N–H and O–H groups in total. The van der Waals surface area contributed by atoms with Crippen LogP contribution in [0.15, 0.2) is 21.3 Å². The highest BCUT2D eigenvalue weighted by Crippen LogP contribution is 2.39. The van der Waals surface area contributed by atoms with Crippen LogP contribution < -0.4 is 5.76 Å². The molecule has 21 heavy (non-hydrogen) atoms. The standard InChI is InChI=1S/C16H17NO2S2/c1-8-6-12(10(3)20-8)14-15(19-16(18)17(14)5)13-7-9(2)21-11(13)4/h6-7H,1-5H3. The first-order valence-electron chi connectivity index (χ1n) is 6.73. The third-order valence-electron chi connectivity index (χ3n) is 3.60. The van der Waals surface area contributed by atoms with E-state index in [1.165, 1.54) is 19.5 Å². The van der Waals surface area contributed by atoms with Gasteiger partial charge in [0.2, 0.25) is 0 Å². The zero-order chi connectivity index (χ0) is 15.3. The van der Waals surface area contributed by atoms with Crippen LogP contribution in [0.3, 0.4) is 0 Å². The Morgan fingerprint density at radius 2 is 1.48 bits per heavy atom. The molecule has 0 aliphatic heterocycles. The lowest BCUT2D eigenvalue weighted by Gasteiger charge is -2.03. The third-order valence-corrected chi connectivity index (χ3v) is 5.53. The van der Waals surface area contributed by atoms with Crippen molar-refractivity contribution in [2.24, 2.45) is 7.05 Å². The smallest absolute Gasteiger partial charge is 0.407 e. The molecule has 0 fully saturated rings. The molecule has 0 aliphatic rings. The Morgan fingerprint density at radius 1 is 0.952 bits per heavy atom. The fourth-order valence-electron chi connectivity index (χ4n) is 2.66. The van der Waals surface area contributed by atoms with E-state index in [1.807, 2.05) is 0 Å². The van der Waals surface area contributed by atoms with E-state index in [2.05, 4.69) is 39.8 Å². The maximum atomic E-state index is 12.0. The fraction of sp³-hybridized carbons (Fsp3) is 0.312. The van der Waals surface area contributed by atoms with Crippen LogP contribution in [0.1, 0.15) is 19.5 Å². The molecule has 3 aromatic rings. The monoisotopic (exact) mass is 319 g/mol. The molecule has 0 spiro atoms. The highest BCUT2D eigenvalue weighted by Gasteiger charge is 2.22. The largest absolute Gasteiger partial charge is 0.419 e. The van der Waals surface area contributed by atoms with Crippen molar-refractivity contribution in [2.75, 3.05) is 0 Å². The average molecular weight is 319 g/mol. The summed E-state index contributed by atoms with van der Waals surface area (Å²) in [5.74, 6) is 0.372. The quantitative estimate of drug-likeness (QED) is 0.688. The second-order valence-electron chi connectivity index (χ2n) is 5.26. The highest BCUT2D eigenvalue weighted by atomic mass is 32.1. The van der Waals surface area contributed by atoms with Gasteiger partial charge >= 0.3 is 5.76 Å². The van der Waals surface area contributed by atoms with Crippen LogP contribution in [-0.4, -0.2) is 4.57 Å². The van der Waals surface area contributed by atoms with Gasteiger partial charge in [-0.2, -0.15) is 0 Å². The van der Waals surface area contributed by atoms with Crippen LogP contribution in [0.4, 0.5) is 0 Å². The molecule has 0 aromatic carbocycles. The average Bonchev–Trinajstić information content (AvgIpc) is 2.98. The molecule has 0 unspecified atom stereocenters. The number of aromatic nitrogens is 1. The molecule has 0 saturated heterocycles. The van der Waals surface area contributed by atoms with Crippen molar-refractivity contribution in [2.45, 2.75) is 27.7 Å². The molecule has 3 rings (SSSR count). The topological polar surface area (TPSA) is 35.1 Å². The van der Waals surface area contributed by atoms with Gasteiger partial charge in [0, 0.05) is 37.7 Å². The van der Waals surface area contributed by atoms with E-state index in [9.17, 15) is 4.79 Å². The number of hydrogen-bond acceptors (Lipinski definition) is 4. The van der Waals surface area contributed by atoms with E-state index in [1.54, 1.807) is 34.3 Å². The number of thiophene rings is 2. The van der Waals surface area contributed by atoms with Gasteiger partial charge in [-0.15, -0.1) is 22.7 Å². The fourth-order valence-corrected chi connectivity index (χ4v) is 4.50. The van der Waals surface area contributed by atoms with E-state index in [-0.39, 0.29) is 5.76 Å². The predicted molar refractivity (Wildman–Crippen MR) is 89.5 cm³/mol. The number of hydrogen-bond donors (Lipinski definition) is 0. The minimum absolute atomic E-state index is 0.313. The zero-order valence-electron chi connectivity index (χ0n) is 12.7. The van der Waals surface area contributed by atoms with Gasteiger partial charge in [-0.05, 0) is 39.8 Å². The van der Waals surface area contributed by atoms with Gasteiger partial charge in [0.1, 0.15) is 0 Å². The zero-order valence-corrected chi connectivity index (χ0v) is 14.4. The van der Waals surface area contributed by atoms with Crippen molar-refractivity contribution in [1.29, 1.82) is 0 Å². The molecule has 0 aliphatic carbocycles. The minimum Gasteiger partial charge on any atom is -0.407 e. The number of aryl methyl sites for hydroxylation is 4. The summed E-state index contributed by atoms with van der Waals surface area (Å²) in [5.41, 5.74) is 2.99. The summed E-state index contributed by atoms with van der Waals surface area (Å²) in [7, 11) is 1.77. The third kappa shape index (κ3) is 2.30. The molecule has 0 saturated carbocycles. The second kappa shape index (κ2) is 5.00. The van der Waals surface area contributed by atoms with E-state index in [0.29, 0.717) is 5.76 Å². The number of rotatable bonds is 2. The first-order valence-corrected chi connectivity index (χ1v) is 8.36. The molecule has 0 bridgehead atoms. The Kier molecular flexibility index (Phi) is 3.42. The summed E-state index contributed by atoms with van der Waals surface area (Å²) in [6.07, 6.45) is 0.